The first-order chi connectivity index (χ1) is 20.7. The van der Waals surface area contributed by atoms with Crippen LogP contribution in [0.3, 0.4) is 0 Å². The number of methoxy groups -OCH3 is 1. The second-order valence-electron chi connectivity index (χ2n) is 10.3. The third-order valence-corrected chi connectivity index (χ3v) is 7.65. The van der Waals surface area contributed by atoms with Crippen molar-refractivity contribution in [2.45, 2.75) is 6.54 Å². The van der Waals surface area contributed by atoms with Crippen LogP contribution in [0.1, 0.15) is 5.56 Å². The minimum atomic E-state index is 0.580. The summed E-state index contributed by atoms with van der Waals surface area (Å²) in [5.74, 6) is 2.00. The molecule has 0 aliphatic carbocycles. The average molecular weight is 555 g/mol. The van der Waals surface area contributed by atoms with Crippen molar-refractivity contribution < 1.29 is 4.74 Å². The van der Waals surface area contributed by atoms with Crippen molar-refractivity contribution >= 4 is 16.9 Å². The van der Waals surface area contributed by atoms with Crippen LogP contribution in [0, 0.1) is 0 Å². The predicted molar refractivity (Wildman–Crippen MR) is 164 cm³/mol. The van der Waals surface area contributed by atoms with E-state index in [0.29, 0.717) is 11.7 Å². The standard InChI is InChI=1S/C33H30N8O/c1-42-32-27-21-26(24-7-3-2-4-8-24)30(36-28(27)14-16-35-32)25-12-10-23(11-13-25)22-40-17-19-41(20-18-40)33-37-31(38-39-33)29-9-5-6-15-34-29/h2-16,21H,17-20,22H2,1H3,(H,37,38,39). The molecule has 1 fully saturated rings. The maximum Gasteiger partial charge on any atom is 0.245 e. The minimum absolute atomic E-state index is 0.580. The van der Waals surface area contributed by atoms with Crippen LogP contribution in [0.4, 0.5) is 5.95 Å². The van der Waals surface area contributed by atoms with Crippen LogP contribution in [0.5, 0.6) is 5.88 Å². The molecule has 9 nitrogen and oxygen atoms in total. The molecule has 0 saturated carbocycles. The van der Waals surface area contributed by atoms with Gasteiger partial charge < -0.3 is 9.64 Å². The number of anilines is 1. The highest BCUT2D eigenvalue weighted by atomic mass is 16.5. The zero-order valence-electron chi connectivity index (χ0n) is 23.3. The predicted octanol–water partition coefficient (Wildman–Crippen LogP) is 5.47. The number of aromatic nitrogens is 6. The topological polar surface area (TPSA) is 96.0 Å². The smallest absolute Gasteiger partial charge is 0.245 e. The SMILES string of the molecule is COc1nccc2nc(-c3ccc(CN4CCN(c5n[nH]c(-c6ccccn6)n5)CC4)cc3)c(-c3ccccc3)cc12. The van der Waals surface area contributed by atoms with Crippen molar-refractivity contribution in [2.75, 3.05) is 38.2 Å². The Bertz CT molecular complexity index is 1800. The van der Waals surface area contributed by atoms with Gasteiger partial charge in [-0.3, -0.25) is 15.0 Å². The van der Waals surface area contributed by atoms with Gasteiger partial charge in [0.15, 0.2) is 5.82 Å². The molecular weight excluding hydrogens is 524 g/mol. The largest absolute Gasteiger partial charge is 0.481 e. The Hall–Kier alpha value is -5.15. The zero-order valence-corrected chi connectivity index (χ0v) is 23.3. The molecule has 1 N–H and O–H groups in total. The normalized spacial score (nSPS) is 13.9. The highest BCUT2D eigenvalue weighted by Crippen LogP contribution is 2.35. The Labute approximate surface area is 243 Å². The van der Waals surface area contributed by atoms with Gasteiger partial charge in [0.25, 0.3) is 0 Å². The second kappa shape index (κ2) is 11.4. The van der Waals surface area contributed by atoms with E-state index in [0.717, 1.165) is 77.7 Å². The maximum absolute atomic E-state index is 5.53. The van der Waals surface area contributed by atoms with E-state index in [4.69, 9.17) is 9.72 Å². The van der Waals surface area contributed by atoms with Gasteiger partial charge in [-0.25, -0.2) is 9.97 Å². The third kappa shape index (κ3) is 5.17. The molecule has 0 bridgehead atoms. The number of nitrogens with one attached hydrogen (secondary N) is 1. The molecule has 1 aliphatic rings. The average Bonchev–Trinajstić information content (AvgIpc) is 3.56. The lowest BCUT2D eigenvalue weighted by Crippen LogP contribution is -2.46. The van der Waals surface area contributed by atoms with E-state index >= 15 is 0 Å². The molecule has 0 radical (unpaired) electrons. The number of nitrogens with zero attached hydrogens (tertiary/aromatic N) is 7. The summed E-state index contributed by atoms with van der Waals surface area (Å²) in [6, 6.07) is 29.0. The highest BCUT2D eigenvalue weighted by molar-refractivity contribution is 5.93. The van der Waals surface area contributed by atoms with Crippen LogP contribution in [-0.2, 0) is 6.54 Å². The number of hydrogen-bond donors (Lipinski definition) is 1. The third-order valence-electron chi connectivity index (χ3n) is 7.65. The van der Waals surface area contributed by atoms with Crippen LogP contribution in [0.25, 0.3) is 44.8 Å². The van der Waals surface area contributed by atoms with E-state index in [9.17, 15) is 0 Å². The van der Waals surface area contributed by atoms with Crippen LogP contribution >= 0.6 is 0 Å². The summed E-state index contributed by atoms with van der Waals surface area (Å²) in [5.41, 5.74) is 7.11. The van der Waals surface area contributed by atoms with Gasteiger partial charge in [-0.2, -0.15) is 4.98 Å². The molecule has 0 spiro atoms. The van der Waals surface area contributed by atoms with Crippen molar-refractivity contribution in [1.29, 1.82) is 0 Å². The van der Waals surface area contributed by atoms with Gasteiger partial charge >= 0.3 is 0 Å². The summed E-state index contributed by atoms with van der Waals surface area (Å²) in [6.45, 7) is 4.51. The fraction of sp³-hybridized carbons (Fsp3) is 0.182. The molecule has 0 unspecified atom stereocenters. The maximum atomic E-state index is 5.53. The van der Waals surface area contributed by atoms with Gasteiger partial charge in [0.05, 0.1) is 23.7 Å². The first-order valence-electron chi connectivity index (χ1n) is 14.0. The van der Waals surface area contributed by atoms with E-state index in [2.05, 4.69) is 77.4 Å². The van der Waals surface area contributed by atoms with Crippen LogP contribution in [0.15, 0.2) is 97.3 Å². The summed E-state index contributed by atoms with van der Waals surface area (Å²) in [4.78, 5) is 23.2. The highest BCUT2D eigenvalue weighted by Gasteiger charge is 2.21. The number of rotatable bonds is 7. The number of ether oxygens (including phenoxy) is 1. The van der Waals surface area contributed by atoms with E-state index < -0.39 is 0 Å². The van der Waals surface area contributed by atoms with Gasteiger partial charge in [0.1, 0.15) is 5.69 Å². The van der Waals surface area contributed by atoms with Gasteiger partial charge in [0.2, 0.25) is 11.8 Å². The molecule has 1 aliphatic heterocycles. The number of benzene rings is 2. The quantitative estimate of drug-likeness (QED) is 0.277. The summed E-state index contributed by atoms with van der Waals surface area (Å²) < 4.78 is 5.53. The van der Waals surface area contributed by atoms with E-state index in [1.165, 1.54) is 5.56 Å². The Balaban J connectivity index is 1.07. The van der Waals surface area contributed by atoms with Crippen LogP contribution in [-0.4, -0.2) is 68.3 Å². The van der Waals surface area contributed by atoms with Gasteiger partial charge in [-0.15, -0.1) is 5.10 Å². The first kappa shape index (κ1) is 25.8. The Morgan fingerprint density at radius 1 is 0.786 bits per heavy atom. The number of H-pyrrole nitrogens is 1. The Morgan fingerprint density at radius 3 is 2.36 bits per heavy atom. The van der Waals surface area contributed by atoms with Crippen molar-refractivity contribution in [1.82, 2.24) is 35.0 Å². The molecule has 4 aromatic heterocycles. The monoisotopic (exact) mass is 554 g/mol. The lowest BCUT2D eigenvalue weighted by Gasteiger charge is -2.34. The summed E-state index contributed by atoms with van der Waals surface area (Å²) in [5, 5.41) is 8.36. The van der Waals surface area contributed by atoms with Crippen molar-refractivity contribution in [3.8, 4) is 39.8 Å². The van der Waals surface area contributed by atoms with Crippen molar-refractivity contribution in [3.63, 3.8) is 0 Å². The Morgan fingerprint density at radius 2 is 1.60 bits per heavy atom. The molecule has 1 saturated heterocycles. The summed E-state index contributed by atoms with van der Waals surface area (Å²) >= 11 is 0. The fourth-order valence-electron chi connectivity index (χ4n) is 5.44. The van der Waals surface area contributed by atoms with Gasteiger partial charge in [-0.1, -0.05) is 60.7 Å². The summed E-state index contributed by atoms with van der Waals surface area (Å²) in [7, 11) is 1.64. The van der Waals surface area contributed by atoms with Crippen molar-refractivity contribution in [3.05, 3.63) is 103 Å². The van der Waals surface area contributed by atoms with Gasteiger partial charge in [0, 0.05) is 56.2 Å². The molecule has 7 rings (SSSR count). The number of piperazine rings is 1. The first-order valence-corrected chi connectivity index (χ1v) is 14.0. The van der Waals surface area contributed by atoms with Crippen LogP contribution in [0.2, 0.25) is 0 Å². The zero-order chi connectivity index (χ0) is 28.3. The molecule has 208 valence electrons. The van der Waals surface area contributed by atoms with E-state index in [-0.39, 0.29) is 0 Å². The molecule has 5 heterocycles. The second-order valence-corrected chi connectivity index (χ2v) is 10.3. The number of aromatic amines is 1. The lowest BCUT2D eigenvalue weighted by molar-refractivity contribution is 0.249. The Kier molecular flexibility index (Phi) is 6.99. The van der Waals surface area contributed by atoms with Crippen LogP contribution < -0.4 is 9.64 Å². The summed E-state index contributed by atoms with van der Waals surface area (Å²) in [6.07, 6.45) is 3.50. The van der Waals surface area contributed by atoms with Gasteiger partial charge in [-0.05, 0) is 35.4 Å². The molecule has 0 amide bonds. The molecule has 9 heteroatoms. The molecular formula is C33H30N8O. The molecule has 0 atom stereocenters. The number of pyridine rings is 3. The molecule has 2 aromatic carbocycles. The minimum Gasteiger partial charge on any atom is -0.481 e. The lowest BCUT2D eigenvalue weighted by atomic mass is 9.97. The van der Waals surface area contributed by atoms with E-state index in [1.807, 2.05) is 42.5 Å². The molecule has 42 heavy (non-hydrogen) atoms. The number of hydrogen-bond acceptors (Lipinski definition) is 8. The fourth-order valence-corrected chi connectivity index (χ4v) is 5.44. The van der Waals surface area contributed by atoms with Crippen molar-refractivity contribution in [2.24, 2.45) is 0 Å². The molecule has 6 aromatic rings. The number of fused-ring (bicyclic) bond motifs is 1. The van der Waals surface area contributed by atoms with E-state index in [1.54, 1.807) is 19.5 Å².